The Hall–Kier alpha value is -0.930. The summed E-state index contributed by atoms with van der Waals surface area (Å²) in [5.74, 6) is -0.248. The Bertz CT molecular complexity index is 283. The lowest BCUT2D eigenvalue weighted by molar-refractivity contribution is -0.0914. The van der Waals surface area contributed by atoms with Crippen LogP contribution in [0.3, 0.4) is 0 Å². The number of hydrogen-bond acceptors (Lipinski definition) is 2. The van der Waals surface area contributed by atoms with E-state index in [2.05, 4.69) is 0 Å². The second kappa shape index (κ2) is 3.44. The first-order chi connectivity index (χ1) is 6.25. The van der Waals surface area contributed by atoms with E-state index < -0.39 is 6.29 Å². The third kappa shape index (κ3) is 1.87. The second-order valence-corrected chi connectivity index (χ2v) is 3.21. The molecule has 1 aliphatic rings. The quantitative estimate of drug-likeness (QED) is 0.719. The van der Waals surface area contributed by atoms with Crippen LogP contribution in [0.5, 0.6) is 0 Å². The molecule has 0 unspecified atom stereocenters. The average Bonchev–Trinajstić information content (AvgIpc) is 2.53. The van der Waals surface area contributed by atoms with Crippen LogP contribution in [0.4, 0.5) is 4.39 Å². The van der Waals surface area contributed by atoms with Gasteiger partial charge in [-0.3, -0.25) is 0 Å². The smallest absolute Gasteiger partial charge is 0.155 e. The van der Waals surface area contributed by atoms with Crippen LogP contribution >= 0.6 is 0 Å². The van der Waals surface area contributed by atoms with Crippen LogP contribution in [0.2, 0.25) is 0 Å². The summed E-state index contributed by atoms with van der Waals surface area (Å²) in [6.07, 6.45) is 0.722. The maximum absolute atomic E-state index is 12.6. The van der Waals surface area contributed by atoms with Crippen molar-refractivity contribution in [2.24, 2.45) is 0 Å². The molecular formula is C10H11FO2. The standard InChI is InChI=1S/C10H11FO2/c11-8-3-1-7(2-4-8)9-5-6-10(12)13-9/h1-4,9-10,12H,5-6H2/t9-,10-/m0/s1. The van der Waals surface area contributed by atoms with Crippen molar-refractivity contribution in [3.05, 3.63) is 35.6 Å². The number of aliphatic hydroxyl groups excluding tert-OH is 1. The number of benzene rings is 1. The molecule has 2 atom stereocenters. The van der Waals surface area contributed by atoms with E-state index in [0.29, 0.717) is 6.42 Å². The summed E-state index contributed by atoms with van der Waals surface area (Å²) < 4.78 is 17.8. The number of halogens is 1. The summed E-state index contributed by atoms with van der Waals surface area (Å²) >= 11 is 0. The summed E-state index contributed by atoms with van der Waals surface area (Å²) in [5, 5.41) is 9.12. The Kier molecular flexibility index (Phi) is 2.29. The Balaban J connectivity index is 2.13. The van der Waals surface area contributed by atoms with Gasteiger partial charge in [-0.15, -0.1) is 0 Å². The molecule has 2 rings (SSSR count). The van der Waals surface area contributed by atoms with Crippen LogP contribution in [0.1, 0.15) is 24.5 Å². The fourth-order valence-corrected chi connectivity index (χ4v) is 1.54. The van der Waals surface area contributed by atoms with Crippen LogP contribution in [0, 0.1) is 5.82 Å². The molecule has 0 bridgehead atoms. The number of ether oxygens (including phenoxy) is 1. The molecule has 1 saturated heterocycles. The molecular weight excluding hydrogens is 171 g/mol. The third-order valence-electron chi connectivity index (χ3n) is 2.24. The van der Waals surface area contributed by atoms with Gasteiger partial charge in [-0.05, 0) is 24.1 Å². The van der Waals surface area contributed by atoms with E-state index in [1.807, 2.05) is 0 Å². The molecule has 1 N–H and O–H groups in total. The van der Waals surface area contributed by atoms with Gasteiger partial charge in [0.15, 0.2) is 6.29 Å². The molecule has 1 aromatic carbocycles. The highest BCUT2D eigenvalue weighted by atomic mass is 19.1. The molecule has 1 fully saturated rings. The predicted octanol–water partition coefficient (Wildman–Crippen LogP) is 2.00. The van der Waals surface area contributed by atoms with Crippen LogP contribution in [-0.4, -0.2) is 11.4 Å². The molecule has 1 aliphatic heterocycles. The molecule has 3 heteroatoms. The molecule has 1 heterocycles. The summed E-state index contributed by atoms with van der Waals surface area (Å²) in [6.45, 7) is 0. The van der Waals surface area contributed by atoms with Gasteiger partial charge in [0.05, 0.1) is 6.10 Å². The van der Waals surface area contributed by atoms with Crippen molar-refractivity contribution < 1.29 is 14.2 Å². The minimum absolute atomic E-state index is 0.0735. The molecule has 0 aromatic heterocycles. The first-order valence-corrected chi connectivity index (χ1v) is 4.35. The summed E-state index contributed by atoms with van der Waals surface area (Å²) in [6, 6.07) is 6.20. The normalized spacial score (nSPS) is 27.8. The predicted molar refractivity (Wildman–Crippen MR) is 45.5 cm³/mol. The zero-order valence-corrected chi connectivity index (χ0v) is 7.11. The Morgan fingerprint density at radius 2 is 1.92 bits per heavy atom. The molecule has 1 aromatic rings. The summed E-state index contributed by atoms with van der Waals surface area (Å²) in [4.78, 5) is 0. The van der Waals surface area contributed by atoms with E-state index in [9.17, 15) is 4.39 Å². The van der Waals surface area contributed by atoms with Crippen LogP contribution in [0.15, 0.2) is 24.3 Å². The SMILES string of the molecule is O[C@@H]1CC[C@@H](c2ccc(F)cc2)O1. The highest BCUT2D eigenvalue weighted by Gasteiger charge is 2.24. The molecule has 0 amide bonds. The van der Waals surface area contributed by atoms with Gasteiger partial charge < -0.3 is 9.84 Å². The van der Waals surface area contributed by atoms with Gasteiger partial charge in [0.2, 0.25) is 0 Å². The number of hydrogen-bond donors (Lipinski definition) is 1. The fraction of sp³-hybridized carbons (Fsp3) is 0.400. The van der Waals surface area contributed by atoms with E-state index in [1.165, 1.54) is 12.1 Å². The number of aliphatic hydroxyl groups is 1. The van der Waals surface area contributed by atoms with Gasteiger partial charge in [0, 0.05) is 6.42 Å². The fourth-order valence-electron chi connectivity index (χ4n) is 1.54. The highest BCUT2D eigenvalue weighted by molar-refractivity contribution is 5.19. The maximum Gasteiger partial charge on any atom is 0.155 e. The summed E-state index contributed by atoms with van der Waals surface area (Å²) in [7, 11) is 0. The maximum atomic E-state index is 12.6. The lowest BCUT2D eigenvalue weighted by atomic mass is 10.1. The van der Waals surface area contributed by atoms with Crippen molar-refractivity contribution in [3.63, 3.8) is 0 Å². The van der Waals surface area contributed by atoms with E-state index >= 15 is 0 Å². The van der Waals surface area contributed by atoms with E-state index in [4.69, 9.17) is 9.84 Å². The van der Waals surface area contributed by atoms with E-state index in [-0.39, 0.29) is 11.9 Å². The minimum Gasteiger partial charge on any atom is -0.368 e. The van der Waals surface area contributed by atoms with E-state index in [0.717, 1.165) is 12.0 Å². The van der Waals surface area contributed by atoms with Crippen molar-refractivity contribution in [2.75, 3.05) is 0 Å². The average molecular weight is 182 g/mol. The molecule has 0 spiro atoms. The molecule has 70 valence electrons. The topological polar surface area (TPSA) is 29.5 Å². The molecule has 13 heavy (non-hydrogen) atoms. The summed E-state index contributed by atoms with van der Waals surface area (Å²) in [5.41, 5.74) is 0.929. The Labute approximate surface area is 76.0 Å². The van der Waals surface area contributed by atoms with Crippen molar-refractivity contribution in [1.82, 2.24) is 0 Å². The van der Waals surface area contributed by atoms with Gasteiger partial charge in [0.25, 0.3) is 0 Å². The van der Waals surface area contributed by atoms with Gasteiger partial charge in [-0.1, -0.05) is 12.1 Å². The molecule has 0 aliphatic carbocycles. The lowest BCUT2D eigenvalue weighted by Crippen LogP contribution is -2.03. The van der Waals surface area contributed by atoms with Crippen LogP contribution < -0.4 is 0 Å². The van der Waals surface area contributed by atoms with Gasteiger partial charge in [-0.2, -0.15) is 0 Å². The number of rotatable bonds is 1. The second-order valence-electron chi connectivity index (χ2n) is 3.21. The first-order valence-electron chi connectivity index (χ1n) is 4.35. The Morgan fingerprint density at radius 1 is 1.23 bits per heavy atom. The third-order valence-corrected chi connectivity index (χ3v) is 2.24. The van der Waals surface area contributed by atoms with Gasteiger partial charge in [-0.25, -0.2) is 4.39 Å². The molecule has 0 radical (unpaired) electrons. The largest absolute Gasteiger partial charge is 0.368 e. The Morgan fingerprint density at radius 3 is 2.46 bits per heavy atom. The monoisotopic (exact) mass is 182 g/mol. The molecule has 2 nitrogen and oxygen atoms in total. The van der Waals surface area contributed by atoms with Crippen molar-refractivity contribution in [3.8, 4) is 0 Å². The van der Waals surface area contributed by atoms with Crippen molar-refractivity contribution in [1.29, 1.82) is 0 Å². The highest BCUT2D eigenvalue weighted by Crippen LogP contribution is 2.31. The van der Waals surface area contributed by atoms with Crippen molar-refractivity contribution in [2.45, 2.75) is 25.2 Å². The minimum atomic E-state index is -0.657. The lowest BCUT2D eigenvalue weighted by Gasteiger charge is -2.10. The van der Waals surface area contributed by atoms with Crippen LogP contribution in [-0.2, 0) is 4.74 Å². The zero-order valence-electron chi connectivity index (χ0n) is 7.11. The molecule has 0 saturated carbocycles. The van der Waals surface area contributed by atoms with Gasteiger partial charge >= 0.3 is 0 Å². The van der Waals surface area contributed by atoms with Crippen LogP contribution in [0.25, 0.3) is 0 Å². The first kappa shape index (κ1) is 8.66. The van der Waals surface area contributed by atoms with Gasteiger partial charge in [0.1, 0.15) is 5.82 Å². The zero-order chi connectivity index (χ0) is 9.26. The van der Waals surface area contributed by atoms with E-state index in [1.54, 1.807) is 12.1 Å². The van der Waals surface area contributed by atoms with Crippen molar-refractivity contribution >= 4 is 0 Å².